The van der Waals surface area contributed by atoms with Crippen LogP contribution < -0.4 is 5.73 Å². The van der Waals surface area contributed by atoms with Gasteiger partial charge in [0, 0.05) is 48.8 Å². The van der Waals surface area contributed by atoms with Crippen molar-refractivity contribution in [2.75, 3.05) is 31.0 Å². The molecule has 0 bridgehead atoms. The Bertz CT molecular complexity index is 1170. The number of methoxy groups -OCH3 is 1. The topological polar surface area (TPSA) is 123 Å². The number of hydrogen-bond acceptors (Lipinski definition) is 9. The van der Waals surface area contributed by atoms with Gasteiger partial charge in [-0.05, 0) is 30.1 Å². The van der Waals surface area contributed by atoms with Gasteiger partial charge in [-0.1, -0.05) is 6.92 Å². The predicted molar refractivity (Wildman–Crippen MR) is 125 cm³/mol. The molecule has 162 valence electrons. The summed E-state index contributed by atoms with van der Waals surface area (Å²) in [6, 6.07) is 3.75. The van der Waals surface area contributed by atoms with Crippen LogP contribution in [-0.4, -0.2) is 54.7 Å². The largest absolute Gasteiger partial charge is 0.808 e. The first-order chi connectivity index (χ1) is 15.1. The molecule has 4 aromatic heterocycles. The number of aromatic nitrogens is 5. The van der Waals surface area contributed by atoms with Gasteiger partial charge in [0.15, 0.2) is 0 Å². The van der Waals surface area contributed by atoms with Crippen LogP contribution in [0.3, 0.4) is 0 Å². The van der Waals surface area contributed by atoms with Gasteiger partial charge in [-0.25, -0.2) is 24.9 Å². The standard InChI is InChI=1S/C21H24N6O2S2/c1-3-31(28,8-4-7-29-2)21-19(22)18-15(16-5-6-23-13-26-16)9-17(27-20(18)30-21)14-10-24-12-25-11-14/h5-6,9-13,28H,3-4,7-8,22H2,1-2H3/p-1. The minimum atomic E-state index is -2.33. The van der Waals surface area contributed by atoms with Crippen LogP contribution >= 0.6 is 21.6 Å². The maximum Gasteiger partial charge on any atom is 0.127 e. The lowest BCUT2D eigenvalue weighted by atomic mass is 10.1. The number of nitrogens with zero attached hydrogens (tertiary/aromatic N) is 5. The first-order valence-corrected chi connectivity index (χ1v) is 12.5. The highest BCUT2D eigenvalue weighted by molar-refractivity contribution is 8.30. The highest BCUT2D eigenvalue weighted by atomic mass is 32.3. The van der Waals surface area contributed by atoms with Crippen LogP contribution in [0, 0.1) is 0 Å². The summed E-state index contributed by atoms with van der Waals surface area (Å²) in [5.74, 6) is 1.03. The van der Waals surface area contributed by atoms with E-state index >= 15 is 0 Å². The fourth-order valence-electron chi connectivity index (χ4n) is 3.41. The molecule has 0 spiro atoms. The molecule has 8 nitrogen and oxygen atoms in total. The molecular formula is C21H23N6O2S2-. The van der Waals surface area contributed by atoms with Crippen LogP contribution in [0.1, 0.15) is 13.3 Å². The number of fused-ring (bicyclic) bond motifs is 1. The summed E-state index contributed by atoms with van der Waals surface area (Å²) in [6.07, 6.45) is 8.78. The highest BCUT2D eigenvalue weighted by Gasteiger charge is 2.24. The van der Waals surface area contributed by atoms with E-state index in [1.807, 2.05) is 19.1 Å². The average Bonchev–Trinajstić information content (AvgIpc) is 3.17. The lowest BCUT2D eigenvalue weighted by molar-refractivity contribution is 0.199. The number of hydrogen-bond donors (Lipinski definition) is 1. The van der Waals surface area contributed by atoms with Crippen molar-refractivity contribution in [2.45, 2.75) is 17.6 Å². The Balaban J connectivity index is 1.93. The third-order valence-electron chi connectivity index (χ3n) is 5.01. The lowest BCUT2D eigenvalue weighted by Gasteiger charge is -2.46. The van der Waals surface area contributed by atoms with Gasteiger partial charge in [-0.2, -0.15) is 0 Å². The molecule has 0 radical (unpaired) electrons. The van der Waals surface area contributed by atoms with Gasteiger partial charge in [0.05, 0.1) is 21.3 Å². The number of ether oxygens (including phenoxy) is 1. The molecular weight excluding hydrogens is 432 g/mol. The van der Waals surface area contributed by atoms with E-state index in [1.165, 1.54) is 24.0 Å². The lowest BCUT2D eigenvalue weighted by Crippen LogP contribution is -2.10. The molecule has 0 saturated heterocycles. The van der Waals surface area contributed by atoms with Crippen LogP contribution in [0.25, 0.3) is 32.7 Å². The van der Waals surface area contributed by atoms with Crippen LogP contribution in [0.4, 0.5) is 5.69 Å². The van der Waals surface area contributed by atoms with Gasteiger partial charge >= 0.3 is 0 Å². The van der Waals surface area contributed by atoms with Gasteiger partial charge in [0.1, 0.15) is 17.5 Å². The Morgan fingerprint density at radius 2 is 1.97 bits per heavy atom. The number of rotatable bonds is 8. The van der Waals surface area contributed by atoms with Gasteiger partial charge in [0.2, 0.25) is 0 Å². The SMILES string of the molecule is CCS([O-])(CCCOC)c1sc2nc(-c3cncnc3)cc(-c3ccncn3)c2c1N. The fraction of sp³-hybridized carbons (Fsp3) is 0.286. The number of nitrogen functional groups attached to an aromatic ring is 1. The smallest absolute Gasteiger partial charge is 0.127 e. The molecule has 0 aliphatic carbocycles. The van der Waals surface area contributed by atoms with E-state index in [0.717, 1.165) is 27.0 Å². The van der Waals surface area contributed by atoms with Crippen molar-refractivity contribution in [3.8, 4) is 22.5 Å². The third kappa shape index (κ3) is 4.24. The van der Waals surface area contributed by atoms with Crippen molar-refractivity contribution in [3.63, 3.8) is 0 Å². The second-order valence-electron chi connectivity index (χ2n) is 6.91. The average molecular weight is 456 g/mol. The Labute approximate surface area is 186 Å². The molecule has 2 N–H and O–H groups in total. The number of thiophene rings is 1. The van der Waals surface area contributed by atoms with Crippen LogP contribution in [0.15, 0.2) is 47.6 Å². The van der Waals surface area contributed by atoms with E-state index in [-0.39, 0.29) is 0 Å². The van der Waals surface area contributed by atoms with E-state index in [2.05, 4.69) is 19.9 Å². The highest BCUT2D eigenvalue weighted by Crippen LogP contribution is 2.60. The van der Waals surface area contributed by atoms with Gasteiger partial charge in [-0.15, -0.1) is 11.3 Å². The van der Waals surface area contributed by atoms with Crippen molar-refractivity contribution in [1.82, 2.24) is 24.9 Å². The molecule has 1 unspecified atom stereocenters. The summed E-state index contributed by atoms with van der Waals surface area (Å²) in [4.78, 5) is 22.2. The molecule has 0 fully saturated rings. The fourth-order valence-corrected chi connectivity index (χ4v) is 7.54. The Hall–Kier alpha value is -2.66. The van der Waals surface area contributed by atoms with E-state index in [9.17, 15) is 4.55 Å². The predicted octanol–water partition coefficient (Wildman–Crippen LogP) is 4.14. The summed E-state index contributed by atoms with van der Waals surface area (Å²) in [7, 11) is -0.684. The Morgan fingerprint density at radius 1 is 1.16 bits per heavy atom. The number of nitrogens with two attached hydrogens (primary N) is 1. The minimum absolute atomic E-state index is 0.510. The minimum Gasteiger partial charge on any atom is -0.808 e. The normalized spacial score (nSPS) is 14.4. The molecule has 0 aliphatic rings. The van der Waals surface area contributed by atoms with Crippen LogP contribution in [0.5, 0.6) is 0 Å². The van der Waals surface area contributed by atoms with E-state index in [1.54, 1.807) is 25.7 Å². The van der Waals surface area contributed by atoms with Crippen molar-refractivity contribution in [3.05, 3.63) is 43.4 Å². The molecule has 4 rings (SSSR count). The molecule has 1 atom stereocenters. The zero-order valence-corrected chi connectivity index (χ0v) is 18.9. The first kappa shape index (κ1) is 21.6. The molecule has 4 heterocycles. The zero-order valence-electron chi connectivity index (χ0n) is 17.3. The maximum absolute atomic E-state index is 13.8. The van der Waals surface area contributed by atoms with Gasteiger partial charge in [-0.3, -0.25) is 10.3 Å². The Kier molecular flexibility index (Phi) is 6.42. The van der Waals surface area contributed by atoms with E-state index < -0.39 is 10.3 Å². The summed E-state index contributed by atoms with van der Waals surface area (Å²) in [5.41, 5.74) is 10.2. The van der Waals surface area contributed by atoms with Crippen molar-refractivity contribution in [1.29, 1.82) is 0 Å². The summed E-state index contributed by atoms with van der Waals surface area (Å²) in [5, 5.41) is 0.771. The summed E-state index contributed by atoms with van der Waals surface area (Å²) in [6.45, 7) is 2.49. The van der Waals surface area contributed by atoms with Crippen molar-refractivity contribution in [2.24, 2.45) is 0 Å². The Morgan fingerprint density at radius 3 is 2.65 bits per heavy atom. The van der Waals surface area contributed by atoms with Gasteiger partial charge < -0.3 is 15.0 Å². The van der Waals surface area contributed by atoms with E-state index in [0.29, 0.717) is 40.1 Å². The molecule has 4 aromatic rings. The van der Waals surface area contributed by atoms with Crippen LogP contribution in [-0.2, 0) is 4.74 Å². The monoisotopic (exact) mass is 455 g/mol. The number of anilines is 1. The van der Waals surface area contributed by atoms with Crippen molar-refractivity contribution < 1.29 is 9.29 Å². The third-order valence-corrected chi connectivity index (χ3v) is 9.84. The second kappa shape index (κ2) is 9.23. The summed E-state index contributed by atoms with van der Waals surface area (Å²) >= 11 is 1.39. The molecule has 0 saturated carbocycles. The van der Waals surface area contributed by atoms with Crippen LogP contribution in [0.2, 0.25) is 0 Å². The van der Waals surface area contributed by atoms with Crippen molar-refractivity contribution >= 4 is 37.5 Å². The number of pyridine rings is 1. The zero-order chi connectivity index (χ0) is 21.8. The maximum atomic E-state index is 13.8. The quantitative estimate of drug-likeness (QED) is 0.393. The first-order valence-electron chi connectivity index (χ1n) is 9.80. The molecule has 0 amide bonds. The second-order valence-corrected chi connectivity index (χ2v) is 11.2. The molecule has 0 aromatic carbocycles. The summed E-state index contributed by atoms with van der Waals surface area (Å²) < 4.78 is 19.7. The molecule has 0 aliphatic heterocycles. The molecule has 10 heteroatoms. The van der Waals surface area contributed by atoms with E-state index in [4.69, 9.17) is 15.5 Å². The molecule has 31 heavy (non-hydrogen) atoms. The van der Waals surface area contributed by atoms with Gasteiger partial charge in [0.25, 0.3) is 0 Å².